The van der Waals surface area contributed by atoms with Crippen molar-refractivity contribution in [1.82, 2.24) is 9.88 Å². The summed E-state index contributed by atoms with van der Waals surface area (Å²) in [5, 5.41) is 9.95. The molecule has 0 radical (unpaired) electrons. The van der Waals surface area contributed by atoms with E-state index in [9.17, 15) is 9.90 Å². The van der Waals surface area contributed by atoms with Crippen LogP contribution in [0.1, 0.15) is 23.7 Å². The Labute approximate surface area is 127 Å². The Morgan fingerprint density at radius 1 is 1.55 bits per heavy atom. The van der Waals surface area contributed by atoms with Gasteiger partial charge in [0.1, 0.15) is 5.82 Å². The van der Waals surface area contributed by atoms with Gasteiger partial charge in [0.05, 0.1) is 11.7 Å². The van der Waals surface area contributed by atoms with E-state index in [1.165, 1.54) is 0 Å². The number of aliphatic hydroxyl groups excluding tert-OH is 1. The predicted octanol–water partition coefficient (Wildman–Crippen LogP) is 1.75. The molecule has 0 saturated carbocycles. The second-order valence-electron chi connectivity index (χ2n) is 5.50. The molecule has 0 aromatic carbocycles. The molecule has 0 spiro atoms. The monoisotopic (exact) mass is 341 g/mol. The summed E-state index contributed by atoms with van der Waals surface area (Å²) < 4.78 is 0.775. The molecule has 0 bridgehead atoms. The van der Waals surface area contributed by atoms with Crippen LogP contribution in [0.15, 0.2) is 16.7 Å². The van der Waals surface area contributed by atoms with E-state index in [2.05, 4.69) is 20.9 Å². The Bertz CT molecular complexity index is 507. The van der Waals surface area contributed by atoms with Gasteiger partial charge in [0.2, 0.25) is 0 Å². The van der Waals surface area contributed by atoms with Crippen molar-refractivity contribution in [3.05, 3.63) is 22.3 Å². The van der Waals surface area contributed by atoms with Gasteiger partial charge >= 0.3 is 0 Å². The summed E-state index contributed by atoms with van der Waals surface area (Å²) >= 11 is 3.36. The van der Waals surface area contributed by atoms with Crippen LogP contribution in [0.5, 0.6) is 0 Å². The van der Waals surface area contributed by atoms with Gasteiger partial charge in [0, 0.05) is 37.9 Å². The minimum absolute atomic E-state index is 0.0755. The second kappa shape index (κ2) is 6.10. The number of halogens is 1. The van der Waals surface area contributed by atoms with Crippen LogP contribution in [0.4, 0.5) is 5.82 Å². The summed E-state index contributed by atoms with van der Waals surface area (Å²) in [5.41, 5.74) is 0.561. The normalized spacial score (nSPS) is 22.8. The fraction of sp³-hybridized carbons (Fsp3) is 0.571. The molecule has 110 valence electrons. The van der Waals surface area contributed by atoms with Gasteiger partial charge in [-0.05, 0) is 34.3 Å². The van der Waals surface area contributed by atoms with Gasteiger partial charge in [-0.3, -0.25) is 4.79 Å². The highest BCUT2D eigenvalue weighted by molar-refractivity contribution is 9.10. The van der Waals surface area contributed by atoms with Crippen LogP contribution in [0.2, 0.25) is 0 Å². The molecule has 2 heterocycles. The SMILES string of the molecule is CC1CCN(C(=O)c2cc(Br)cnc2N(C)C)CC1O. The number of likely N-dealkylation sites (tertiary alicyclic amines) is 1. The fourth-order valence-electron chi connectivity index (χ4n) is 2.35. The lowest BCUT2D eigenvalue weighted by molar-refractivity contribution is 0.0249. The zero-order valence-corrected chi connectivity index (χ0v) is 13.6. The Kier molecular flexibility index (Phi) is 4.65. The average Bonchev–Trinajstić information content (AvgIpc) is 2.40. The van der Waals surface area contributed by atoms with Crippen molar-refractivity contribution in [1.29, 1.82) is 0 Å². The quantitative estimate of drug-likeness (QED) is 0.890. The number of hydrogen-bond donors (Lipinski definition) is 1. The molecule has 1 aromatic rings. The number of rotatable bonds is 2. The van der Waals surface area contributed by atoms with Crippen LogP contribution in [0.25, 0.3) is 0 Å². The van der Waals surface area contributed by atoms with Crippen molar-refractivity contribution >= 4 is 27.7 Å². The van der Waals surface area contributed by atoms with Crippen molar-refractivity contribution in [2.75, 3.05) is 32.1 Å². The minimum atomic E-state index is -0.449. The van der Waals surface area contributed by atoms with Crippen LogP contribution in [-0.4, -0.2) is 54.2 Å². The first kappa shape index (κ1) is 15.3. The van der Waals surface area contributed by atoms with E-state index in [0.29, 0.717) is 24.5 Å². The van der Waals surface area contributed by atoms with Gasteiger partial charge in [-0.15, -0.1) is 0 Å². The van der Waals surface area contributed by atoms with E-state index < -0.39 is 6.10 Å². The van der Waals surface area contributed by atoms with Gasteiger partial charge in [-0.25, -0.2) is 4.98 Å². The molecule has 1 saturated heterocycles. The summed E-state index contributed by atoms with van der Waals surface area (Å²) in [6.07, 6.45) is 2.06. The smallest absolute Gasteiger partial charge is 0.257 e. The van der Waals surface area contributed by atoms with E-state index in [4.69, 9.17) is 0 Å². The Hall–Kier alpha value is -1.14. The number of piperidine rings is 1. The van der Waals surface area contributed by atoms with Crippen LogP contribution >= 0.6 is 15.9 Å². The third-order valence-electron chi connectivity index (χ3n) is 3.69. The van der Waals surface area contributed by atoms with Crippen molar-refractivity contribution in [3.63, 3.8) is 0 Å². The molecule has 5 nitrogen and oxygen atoms in total. The predicted molar refractivity (Wildman–Crippen MR) is 82.0 cm³/mol. The van der Waals surface area contributed by atoms with E-state index in [-0.39, 0.29) is 11.8 Å². The van der Waals surface area contributed by atoms with Crippen LogP contribution in [0, 0.1) is 5.92 Å². The minimum Gasteiger partial charge on any atom is -0.391 e. The largest absolute Gasteiger partial charge is 0.391 e. The van der Waals surface area contributed by atoms with Gasteiger partial charge in [-0.2, -0.15) is 0 Å². The lowest BCUT2D eigenvalue weighted by atomic mass is 9.95. The molecule has 20 heavy (non-hydrogen) atoms. The molecule has 1 aliphatic heterocycles. The number of aromatic nitrogens is 1. The molecule has 1 aromatic heterocycles. The lowest BCUT2D eigenvalue weighted by Crippen LogP contribution is -2.46. The first-order valence-corrected chi connectivity index (χ1v) is 7.49. The maximum Gasteiger partial charge on any atom is 0.257 e. The van der Waals surface area contributed by atoms with Gasteiger partial charge in [0.15, 0.2) is 0 Å². The van der Waals surface area contributed by atoms with Crippen LogP contribution < -0.4 is 4.90 Å². The number of nitrogens with zero attached hydrogens (tertiary/aromatic N) is 3. The fourth-order valence-corrected chi connectivity index (χ4v) is 2.68. The number of amides is 1. The molecule has 1 fully saturated rings. The molecule has 2 atom stereocenters. The number of pyridine rings is 1. The molecule has 2 unspecified atom stereocenters. The number of aliphatic hydroxyl groups is 1. The van der Waals surface area contributed by atoms with Crippen molar-refractivity contribution in [3.8, 4) is 0 Å². The molecule has 1 amide bonds. The van der Waals surface area contributed by atoms with Gasteiger partial charge < -0.3 is 14.9 Å². The number of carbonyl (C=O) groups is 1. The average molecular weight is 342 g/mol. The van der Waals surface area contributed by atoms with Crippen LogP contribution in [-0.2, 0) is 0 Å². The van der Waals surface area contributed by atoms with Crippen molar-refractivity contribution in [2.24, 2.45) is 5.92 Å². The third kappa shape index (κ3) is 3.12. The van der Waals surface area contributed by atoms with E-state index in [1.807, 2.05) is 25.9 Å². The first-order valence-electron chi connectivity index (χ1n) is 6.70. The molecule has 6 heteroatoms. The Morgan fingerprint density at radius 2 is 2.25 bits per heavy atom. The second-order valence-corrected chi connectivity index (χ2v) is 6.42. The van der Waals surface area contributed by atoms with Crippen molar-refractivity contribution < 1.29 is 9.90 Å². The third-order valence-corrected chi connectivity index (χ3v) is 4.13. The maximum absolute atomic E-state index is 12.7. The number of anilines is 1. The van der Waals surface area contributed by atoms with E-state index in [0.717, 1.165) is 10.9 Å². The summed E-state index contributed by atoms with van der Waals surface area (Å²) in [7, 11) is 3.72. The summed E-state index contributed by atoms with van der Waals surface area (Å²) in [6, 6.07) is 1.79. The highest BCUT2D eigenvalue weighted by Gasteiger charge is 2.29. The number of carbonyl (C=O) groups excluding carboxylic acids is 1. The highest BCUT2D eigenvalue weighted by Crippen LogP contribution is 2.24. The molecular weight excluding hydrogens is 322 g/mol. The topological polar surface area (TPSA) is 56.7 Å². The standard InChI is InChI=1S/C14H20BrN3O2/c1-9-4-5-18(8-12(9)19)14(20)11-6-10(15)7-16-13(11)17(2)3/h6-7,9,12,19H,4-5,8H2,1-3H3. The number of β-amino-alcohol motifs (C(OH)–C–C–N with tert-alkyl or cyclic N) is 1. The summed E-state index contributed by atoms with van der Waals surface area (Å²) in [5.74, 6) is 0.813. The number of hydrogen-bond acceptors (Lipinski definition) is 4. The Morgan fingerprint density at radius 3 is 2.85 bits per heavy atom. The maximum atomic E-state index is 12.7. The first-order chi connectivity index (χ1) is 9.40. The van der Waals surface area contributed by atoms with E-state index >= 15 is 0 Å². The van der Waals surface area contributed by atoms with Gasteiger partial charge in [0.25, 0.3) is 5.91 Å². The molecule has 0 aliphatic carbocycles. The lowest BCUT2D eigenvalue weighted by Gasteiger charge is -2.34. The molecule has 2 rings (SSSR count). The summed E-state index contributed by atoms with van der Waals surface area (Å²) in [6.45, 7) is 3.08. The zero-order valence-electron chi connectivity index (χ0n) is 12.0. The highest BCUT2D eigenvalue weighted by atomic mass is 79.9. The Balaban J connectivity index is 2.27. The summed E-state index contributed by atoms with van der Waals surface area (Å²) in [4.78, 5) is 20.5. The van der Waals surface area contributed by atoms with Crippen LogP contribution in [0.3, 0.4) is 0 Å². The van der Waals surface area contributed by atoms with E-state index in [1.54, 1.807) is 17.2 Å². The molecular formula is C14H20BrN3O2. The molecule has 1 N–H and O–H groups in total. The van der Waals surface area contributed by atoms with Gasteiger partial charge in [-0.1, -0.05) is 6.92 Å². The molecule has 1 aliphatic rings. The van der Waals surface area contributed by atoms with Crippen molar-refractivity contribution in [2.45, 2.75) is 19.4 Å². The zero-order chi connectivity index (χ0) is 14.9.